The lowest BCUT2D eigenvalue weighted by Gasteiger charge is -2.26. The van der Waals surface area contributed by atoms with E-state index in [-0.39, 0.29) is 21.5 Å². The van der Waals surface area contributed by atoms with E-state index in [1.165, 1.54) is 12.1 Å². The van der Waals surface area contributed by atoms with Gasteiger partial charge in [-0.1, -0.05) is 23.2 Å². The van der Waals surface area contributed by atoms with Crippen LogP contribution < -0.4 is 4.72 Å². The molecule has 1 aliphatic rings. The van der Waals surface area contributed by atoms with Crippen molar-refractivity contribution in [1.29, 1.82) is 0 Å². The van der Waals surface area contributed by atoms with Crippen LogP contribution in [0.25, 0.3) is 0 Å². The van der Waals surface area contributed by atoms with Gasteiger partial charge in [-0.05, 0) is 50.3 Å². The van der Waals surface area contributed by atoms with E-state index in [1.54, 1.807) is 0 Å². The summed E-state index contributed by atoms with van der Waals surface area (Å²) in [5, 5.41) is 9.44. The molecule has 1 aliphatic carbocycles. The van der Waals surface area contributed by atoms with Gasteiger partial charge in [0.25, 0.3) is 0 Å². The maximum atomic E-state index is 12.5. The molecule has 0 saturated heterocycles. The zero-order chi connectivity index (χ0) is 15.1. The minimum atomic E-state index is -3.79. The summed E-state index contributed by atoms with van der Waals surface area (Å²) in [6.45, 7) is 3.34. The number of aliphatic hydroxyl groups excluding tert-OH is 1. The molecule has 0 spiro atoms. The number of aliphatic hydroxyl groups is 1. The van der Waals surface area contributed by atoms with Crippen LogP contribution in [0.1, 0.15) is 32.3 Å². The maximum Gasteiger partial charge on any atom is 0.242 e. The predicted molar refractivity (Wildman–Crippen MR) is 79.5 cm³/mol. The van der Waals surface area contributed by atoms with Crippen LogP contribution in [-0.4, -0.2) is 19.1 Å². The van der Waals surface area contributed by atoms with Gasteiger partial charge in [-0.25, -0.2) is 13.1 Å². The summed E-state index contributed by atoms with van der Waals surface area (Å²) in [4.78, 5) is -0.0931. The van der Waals surface area contributed by atoms with E-state index in [9.17, 15) is 13.5 Å². The number of sulfonamides is 1. The van der Waals surface area contributed by atoms with Crippen LogP contribution in [0.3, 0.4) is 0 Å². The van der Waals surface area contributed by atoms with Gasteiger partial charge in [-0.2, -0.15) is 0 Å². The van der Waals surface area contributed by atoms with Crippen molar-refractivity contribution < 1.29 is 13.5 Å². The second-order valence-electron chi connectivity index (χ2n) is 5.64. The number of rotatable bonds is 5. The molecule has 0 aliphatic heterocycles. The van der Waals surface area contributed by atoms with Gasteiger partial charge in [0, 0.05) is 10.6 Å². The highest BCUT2D eigenvalue weighted by molar-refractivity contribution is 7.89. The van der Waals surface area contributed by atoms with Crippen molar-refractivity contribution >= 4 is 33.2 Å². The van der Waals surface area contributed by atoms with Gasteiger partial charge >= 0.3 is 0 Å². The lowest BCUT2D eigenvalue weighted by atomic mass is 10.0. The summed E-state index contributed by atoms with van der Waals surface area (Å²) >= 11 is 11.9. The van der Waals surface area contributed by atoms with E-state index in [0.29, 0.717) is 11.5 Å². The van der Waals surface area contributed by atoms with Crippen LogP contribution in [0.15, 0.2) is 17.0 Å². The third kappa shape index (κ3) is 3.28. The lowest BCUT2D eigenvalue weighted by Crippen LogP contribution is -2.45. The minimum Gasteiger partial charge on any atom is -0.392 e. The summed E-state index contributed by atoms with van der Waals surface area (Å²) in [5.41, 5.74) is -0.229. The van der Waals surface area contributed by atoms with E-state index in [4.69, 9.17) is 23.2 Å². The third-order valence-corrected chi connectivity index (χ3v) is 6.01. The molecule has 112 valence electrons. The minimum absolute atomic E-state index is 0.0102. The highest BCUT2D eigenvalue weighted by atomic mass is 35.5. The fraction of sp³-hybridized carbons (Fsp3) is 0.538. The summed E-state index contributed by atoms with van der Waals surface area (Å²) in [6.07, 6.45) is 2.03. The molecule has 7 heteroatoms. The Morgan fingerprint density at radius 3 is 2.45 bits per heavy atom. The first kappa shape index (κ1) is 16.0. The molecule has 0 bridgehead atoms. The van der Waals surface area contributed by atoms with Gasteiger partial charge in [0.05, 0.1) is 11.6 Å². The molecular weight excluding hydrogens is 321 g/mol. The predicted octanol–water partition coefficient (Wildman–Crippen LogP) is 2.95. The van der Waals surface area contributed by atoms with Gasteiger partial charge in [-0.3, -0.25) is 0 Å². The molecule has 1 saturated carbocycles. The second kappa shape index (κ2) is 5.46. The largest absolute Gasteiger partial charge is 0.392 e. The Hall–Kier alpha value is -0.330. The summed E-state index contributed by atoms with van der Waals surface area (Å²) < 4.78 is 27.6. The molecule has 0 amide bonds. The molecule has 1 aromatic rings. The molecule has 0 aromatic heterocycles. The number of halogens is 2. The molecule has 0 unspecified atom stereocenters. The maximum absolute atomic E-state index is 12.5. The van der Waals surface area contributed by atoms with Crippen LogP contribution in [0.5, 0.6) is 0 Å². The topological polar surface area (TPSA) is 66.4 Å². The van der Waals surface area contributed by atoms with Crippen LogP contribution >= 0.6 is 23.2 Å². The SMILES string of the molecule is CC(C)(NS(=O)(=O)c1cc(Cl)cc(CO)c1Cl)C1CC1. The summed E-state index contributed by atoms with van der Waals surface area (Å²) in [5.74, 6) is 0.340. The Balaban J connectivity index is 2.41. The van der Waals surface area contributed by atoms with Gasteiger partial charge in [-0.15, -0.1) is 0 Å². The first-order valence-electron chi connectivity index (χ1n) is 6.30. The molecular formula is C13H17Cl2NO3S. The molecule has 2 N–H and O–H groups in total. The van der Waals surface area contributed by atoms with Crippen molar-refractivity contribution in [3.63, 3.8) is 0 Å². The Labute approximate surface area is 129 Å². The molecule has 0 radical (unpaired) electrons. The number of nitrogens with one attached hydrogen (secondary N) is 1. The zero-order valence-electron chi connectivity index (χ0n) is 11.3. The van der Waals surface area contributed by atoms with Crippen molar-refractivity contribution in [2.24, 2.45) is 5.92 Å². The van der Waals surface area contributed by atoms with Gasteiger partial charge in [0.1, 0.15) is 4.90 Å². The second-order valence-corrected chi connectivity index (χ2v) is 8.10. The monoisotopic (exact) mass is 337 g/mol. The molecule has 20 heavy (non-hydrogen) atoms. The molecule has 0 atom stereocenters. The van der Waals surface area contributed by atoms with Crippen molar-refractivity contribution in [2.75, 3.05) is 0 Å². The fourth-order valence-electron chi connectivity index (χ4n) is 2.22. The average molecular weight is 338 g/mol. The highest BCUT2D eigenvalue weighted by Crippen LogP contribution is 2.40. The van der Waals surface area contributed by atoms with Crippen molar-refractivity contribution in [1.82, 2.24) is 4.72 Å². The quantitative estimate of drug-likeness (QED) is 0.867. The first-order valence-corrected chi connectivity index (χ1v) is 8.54. The number of hydrogen-bond donors (Lipinski definition) is 2. The van der Waals surface area contributed by atoms with E-state index in [1.807, 2.05) is 13.8 Å². The summed E-state index contributed by atoms with van der Waals surface area (Å²) in [7, 11) is -3.79. The van der Waals surface area contributed by atoms with Crippen LogP contribution in [0.4, 0.5) is 0 Å². The van der Waals surface area contributed by atoms with Crippen molar-refractivity contribution in [2.45, 2.75) is 43.7 Å². The summed E-state index contributed by atoms with van der Waals surface area (Å²) in [6, 6.07) is 2.75. The van der Waals surface area contributed by atoms with Crippen LogP contribution in [0, 0.1) is 5.92 Å². The Kier molecular flexibility index (Phi) is 4.38. The van der Waals surface area contributed by atoms with Crippen molar-refractivity contribution in [3.05, 3.63) is 27.7 Å². The zero-order valence-corrected chi connectivity index (χ0v) is 13.6. The third-order valence-electron chi connectivity index (χ3n) is 3.53. The molecule has 4 nitrogen and oxygen atoms in total. The van der Waals surface area contributed by atoms with Crippen LogP contribution in [-0.2, 0) is 16.6 Å². The number of hydrogen-bond acceptors (Lipinski definition) is 3. The Morgan fingerprint density at radius 2 is 1.95 bits per heavy atom. The van der Waals surface area contributed by atoms with E-state index in [2.05, 4.69) is 4.72 Å². The highest BCUT2D eigenvalue weighted by Gasteiger charge is 2.41. The number of benzene rings is 1. The van der Waals surface area contributed by atoms with E-state index >= 15 is 0 Å². The first-order chi connectivity index (χ1) is 9.17. The Morgan fingerprint density at radius 1 is 1.35 bits per heavy atom. The molecule has 1 fully saturated rings. The average Bonchev–Trinajstić information content (AvgIpc) is 3.14. The smallest absolute Gasteiger partial charge is 0.242 e. The van der Waals surface area contributed by atoms with Gasteiger partial charge in [0.2, 0.25) is 10.0 Å². The molecule has 1 aromatic carbocycles. The van der Waals surface area contributed by atoms with E-state index in [0.717, 1.165) is 12.8 Å². The fourth-order valence-corrected chi connectivity index (χ4v) is 4.62. The van der Waals surface area contributed by atoms with Crippen molar-refractivity contribution in [3.8, 4) is 0 Å². The van der Waals surface area contributed by atoms with Gasteiger partial charge < -0.3 is 5.11 Å². The molecule has 0 heterocycles. The van der Waals surface area contributed by atoms with Crippen LogP contribution in [0.2, 0.25) is 10.0 Å². The lowest BCUT2D eigenvalue weighted by molar-refractivity contribution is 0.281. The Bertz CT molecular complexity index is 625. The molecule has 2 rings (SSSR count). The van der Waals surface area contributed by atoms with Gasteiger partial charge in [0.15, 0.2) is 0 Å². The standard InChI is InChI=1S/C13H17Cl2NO3S/c1-13(2,9-3-4-9)16-20(18,19)11-6-10(14)5-8(7-17)12(11)15/h5-6,9,16-17H,3-4,7H2,1-2H3. The van der Waals surface area contributed by atoms with E-state index < -0.39 is 15.6 Å². The normalized spacial score (nSPS) is 16.4.